The van der Waals surface area contributed by atoms with Crippen LogP contribution in [0.5, 0.6) is 51.7 Å². The molecule has 9 aliphatic rings. The molecule has 6 saturated heterocycles. The van der Waals surface area contributed by atoms with Crippen molar-refractivity contribution in [3.8, 4) is 51.7 Å². The van der Waals surface area contributed by atoms with Gasteiger partial charge in [0.1, 0.15) is 6.29 Å². The summed E-state index contributed by atoms with van der Waals surface area (Å²) in [5.74, 6) is 5.51. The van der Waals surface area contributed by atoms with Crippen LogP contribution < -0.4 is 43.7 Å². The normalized spacial score (nSPS) is 20.6. The van der Waals surface area contributed by atoms with E-state index in [9.17, 15) is 24.3 Å². The highest BCUT2D eigenvalue weighted by atomic mass is 79.9. The van der Waals surface area contributed by atoms with E-state index < -0.39 is 0 Å². The fourth-order valence-electron chi connectivity index (χ4n) is 18.9. The molecule has 0 spiro atoms. The number of piperidine rings is 3. The molecule has 3 amide bonds. The lowest BCUT2D eigenvalue weighted by Gasteiger charge is -2.46. The number of halogens is 5. The minimum Gasteiger partial charge on any atom is -0.504 e. The number of carbonyl (C=O) groups is 4. The number of hydrogen-bond acceptors (Lipinski definition) is 16. The van der Waals surface area contributed by atoms with E-state index in [0.717, 1.165) is 128 Å². The summed E-state index contributed by atoms with van der Waals surface area (Å²) in [7, 11) is 8.80. The first-order valence-corrected chi connectivity index (χ1v) is 46.2. The van der Waals surface area contributed by atoms with Gasteiger partial charge in [0.15, 0.2) is 51.7 Å². The maximum absolute atomic E-state index is 12.9. The van der Waals surface area contributed by atoms with Gasteiger partial charge in [0.05, 0.1) is 53.7 Å². The maximum Gasteiger partial charge on any atom is 0.369 e. The summed E-state index contributed by atoms with van der Waals surface area (Å²) in [6, 6.07) is 71.0. The van der Waals surface area contributed by atoms with Crippen molar-refractivity contribution < 1.29 is 48.0 Å². The Labute approximate surface area is 748 Å². The molecule has 18 rings (SSSR count). The van der Waals surface area contributed by atoms with E-state index in [1.807, 2.05) is 150 Å². The average Bonchev–Trinajstić information content (AvgIpc) is 1.67. The molecule has 9 aromatic rings. The highest BCUT2D eigenvalue weighted by Gasteiger charge is 2.47. The van der Waals surface area contributed by atoms with Crippen LogP contribution in [-0.2, 0) is 24.1 Å². The third-order valence-electron chi connectivity index (χ3n) is 25.0. The van der Waals surface area contributed by atoms with Crippen LogP contribution in [0.2, 0.25) is 0 Å². The third-order valence-corrected chi connectivity index (χ3v) is 25.0. The van der Waals surface area contributed by atoms with Gasteiger partial charge in [-0.15, -0.1) is 70.5 Å². The molecule has 121 heavy (non-hydrogen) atoms. The molecule has 25 heteroatoms. The maximum atomic E-state index is 12.9. The van der Waals surface area contributed by atoms with Crippen molar-refractivity contribution >= 4 is 132 Å². The Bertz CT molecular complexity index is 4950. The number of benzene rings is 9. The number of phenols is 1. The van der Waals surface area contributed by atoms with E-state index in [0.29, 0.717) is 126 Å². The van der Waals surface area contributed by atoms with Gasteiger partial charge < -0.3 is 68.3 Å². The summed E-state index contributed by atoms with van der Waals surface area (Å²) in [6.45, 7) is 10.1. The summed E-state index contributed by atoms with van der Waals surface area (Å²) < 4.78 is 30.6. The lowest BCUT2D eigenvalue weighted by molar-refractivity contribution is -0.107. The zero-order valence-electron chi connectivity index (χ0n) is 70.3. The predicted molar refractivity (Wildman–Crippen MR) is 500 cm³/mol. The second-order valence-corrected chi connectivity index (χ2v) is 39.3. The summed E-state index contributed by atoms with van der Waals surface area (Å²) in [6.07, 6.45) is 17.7. The van der Waals surface area contributed by atoms with Gasteiger partial charge >= 0.3 is 3.18 Å². The lowest BCUT2D eigenvalue weighted by atomic mass is 9.93. The molecular weight excluding hydrogens is 1760 g/mol. The first kappa shape index (κ1) is 90.0. The highest BCUT2D eigenvalue weighted by Crippen LogP contribution is 2.58. The minimum atomic E-state index is -0.0340. The van der Waals surface area contributed by atoms with E-state index in [1.54, 1.807) is 42.0 Å². The number of aromatic hydroxyl groups is 1. The first-order valence-electron chi connectivity index (χ1n) is 42.4. The quantitative estimate of drug-likeness (QED) is 0.0444. The zero-order valence-corrected chi connectivity index (χ0v) is 76.6. The van der Waals surface area contributed by atoms with Crippen molar-refractivity contribution in [2.45, 2.75) is 171 Å². The Morgan fingerprint density at radius 1 is 0.446 bits per heavy atom. The molecule has 638 valence electrons. The Balaban J connectivity index is 0.000000144. The summed E-state index contributed by atoms with van der Waals surface area (Å²) in [5, 5.41) is 14.6. The van der Waals surface area contributed by atoms with Gasteiger partial charge in [-0.2, -0.15) is 0 Å². The number of rotatable bonds is 19. The fraction of sp³-hybridized carbons (Fsp3) is 0.396. The third kappa shape index (κ3) is 21.2. The van der Waals surface area contributed by atoms with Gasteiger partial charge in [0, 0.05) is 131 Å². The minimum absolute atomic E-state index is 0.000965. The summed E-state index contributed by atoms with van der Waals surface area (Å²) >= 11 is 18.8. The van der Waals surface area contributed by atoms with Crippen LogP contribution in [0.15, 0.2) is 200 Å². The van der Waals surface area contributed by atoms with Crippen LogP contribution >= 0.6 is 70.5 Å². The average molecular weight is 1870 g/mol. The molecule has 6 bridgehead atoms. The van der Waals surface area contributed by atoms with Crippen molar-refractivity contribution in [3.63, 3.8) is 0 Å². The lowest BCUT2D eigenvalue weighted by Crippen LogP contribution is -2.50. The van der Waals surface area contributed by atoms with Gasteiger partial charge in [-0.05, 0) is 218 Å². The monoisotopic (exact) mass is 1870 g/mol. The number of para-hydroxylation sites is 3. The number of ether oxygens (including phenoxy) is 5. The van der Waals surface area contributed by atoms with Gasteiger partial charge in [0.2, 0.25) is 0 Å². The highest BCUT2D eigenvalue weighted by molar-refractivity contribution is 9.69. The second-order valence-electron chi connectivity index (χ2n) is 32.1. The molecule has 9 heterocycles. The molecule has 0 aliphatic carbocycles. The second kappa shape index (κ2) is 42.5. The van der Waals surface area contributed by atoms with Crippen molar-refractivity contribution in [1.29, 1.82) is 0 Å². The SMILES string of the molecule is BrB(Br)Br.CCN(C)C(=O)c1ccc2c(c1)Oc1c(O)cccc1N2C1CC2CCC(C1)N2CCc1ccccc1.CCN(C)C(=O)c1ccc2c(c1)Oc1c(OC)cccc1N2C1CC2CCC(C1)N2.CCN(C)C(=O)c1ccc2c(c1)Oc1c(OC)cccc1N2C1CC2CCC(C1)N2CCc1ccccc1.ClCCl.O=CCc1ccccc1. The van der Waals surface area contributed by atoms with Gasteiger partial charge in [0.25, 0.3) is 17.7 Å². The Morgan fingerprint density at radius 3 is 1.11 bits per heavy atom. The number of amides is 3. The number of alkyl halides is 2. The molecule has 9 aliphatic heterocycles. The first-order chi connectivity index (χ1) is 58.8. The molecule has 0 saturated carbocycles. The molecular formula is C96H111BBr3Cl2N9O10. The number of fused-ring (bicyclic) bond motifs is 12. The van der Waals surface area contributed by atoms with Gasteiger partial charge in [-0.1, -0.05) is 109 Å². The number of phenolic OH excluding ortho intramolecular Hbond substituents is 1. The van der Waals surface area contributed by atoms with Crippen LogP contribution in [-0.4, -0.2) is 185 Å². The van der Waals surface area contributed by atoms with Gasteiger partial charge in [-0.25, -0.2) is 0 Å². The Kier molecular flexibility index (Phi) is 31.6. The van der Waals surface area contributed by atoms with Crippen molar-refractivity contribution in [3.05, 3.63) is 234 Å². The Morgan fingerprint density at radius 2 is 0.769 bits per heavy atom. The molecule has 9 aromatic carbocycles. The van der Waals surface area contributed by atoms with Crippen LogP contribution in [0.25, 0.3) is 0 Å². The molecule has 0 radical (unpaired) electrons. The van der Waals surface area contributed by atoms with E-state index in [4.69, 9.17) is 46.9 Å². The van der Waals surface area contributed by atoms with E-state index in [-0.39, 0.29) is 32.0 Å². The van der Waals surface area contributed by atoms with Crippen molar-refractivity contribution in [2.24, 2.45) is 0 Å². The van der Waals surface area contributed by atoms with Crippen molar-refractivity contribution in [2.75, 3.05) is 88.1 Å². The van der Waals surface area contributed by atoms with Crippen LogP contribution in [0.4, 0.5) is 34.1 Å². The fourth-order valence-corrected chi connectivity index (χ4v) is 18.9. The topological polar surface area (TPSA) is 173 Å². The van der Waals surface area contributed by atoms with E-state index in [1.165, 1.54) is 49.7 Å². The van der Waals surface area contributed by atoms with E-state index >= 15 is 0 Å². The number of carbonyl (C=O) groups excluding carboxylic acids is 4. The number of methoxy groups -OCH3 is 2. The smallest absolute Gasteiger partial charge is 0.369 e. The van der Waals surface area contributed by atoms with Gasteiger partial charge in [-0.3, -0.25) is 24.2 Å². The number of nitrogens with one attached hydrogen (secondary N) is 1. The largest absolute Gasteiger partial charge is 0.504 e. The van der Waals surface area contributed by atoms with E-state index in [2.05, 4.69) is 156 Å². The molecule has 19 nitrogen and oxygen atoms in total. The molecule has 6 atom stereocenters. The predicted octanol–water partition coefficient (Wildman–Crippen LogP) is 21.6. The summed E-state index contributed by atoms with van der Waals surface area (Å²) in [4.78, 5) is 66.4. The molecule has 6 fully saturated rings. The standard InChI is InChI=1S/C32H37N3O3.C31H35N3O3.C24H29N3O3.C8H8O.CH2Cl2.BBr3/c1-4-33(2)32(36)23-13-16-27-30(19-23)38-31-28(11-8-12-29(31)37-3)35(27)26-20-24-14-15-25(21-26)34(24)18-17-22-9-6-5-7-10-22;1-3-32(2)31(36)22-12-15-26-29(18-22)37-30-27(10-7-11-28(30)35)34(26)25-19-23-13-14-24(20-25)33(23)17-16-21-8-5-4-6-9-21;1-4-26(2)24(28)15-8-11-19-22(12-15)30-23-20(6-5-7-21(23)29-3)27(19)18-13-16-9-10-17(14-18)25-16;9-7-6-8-4-2-1-3-5-8;2-1-3;2-1(3)4/h5-13,16,19,24-26H,4,14-15,17-18,20-21H2,1-3H3;4-12,15,18,23-25,35H,3,13-14,16-17,19-20H2,1-2H3;5-8,11-12,16-18,25H,4,9-10,13-14H2,1-3H3;1-5,7H,6H2;1H2;. The summed E-state index contributed by atoms with van der Waals surface area (Å²) in [5.41, 5.74) is 11.8. The molecule has 6 unspecified atom stereocenters. The van der Waals surface area contributed by atoms with Crippen molar-refractivity contribution in [1.82, 2.24) is 29.8 Å². The zero-order chi connectivity index (χ0) is 85.4. The molecule has 2 N–H and O–H groups in total. The van der Waals surface area contributed by atoms with Crippen LogP contribution in [0, 0.1) is 0 Å². The number of anilines is 6. The van der Waals surface area contributed by atoms with Crippen LogP contribution in [0.1, 0.15) is 146 Å². The number of nitrogens with zero attached hydrogens (tertiary/aromatic N) is 8. The number of aldehydes is 1. The number of hydrogen-bond donors (Lipinski definition) is 2. The molecule has 0 aromatic heterocycles. The van der Waals surface area contributed by atoms with Crippen LogP contribution in [0.3, 0.4) is 0 Å². The Hall–Kier alpha value is -8.78.